The van der Waals surface area contributed by atoms with Crippen molar-refractivity contribution in [1.29, 1.82) is 0 Å². The summed E-state index contributed by atoms with van der Waals surface area (Å²) in [5.41, 5.74) is 3.40. The smallest absolute Gasteiger partial charge is 0.271 e. The molecular weight excluding hydrogens is 280 g/mol. The van der Waals surface area contributed by atoms with Crippen molar-refractivity contribution in [2.24, 2.45) is 0 Å². The molecule has 6 heteroatoms. The second kappa shape index (κ2) is 5.62. The normalized spacial score (nSPS) is 19.8. The van der Waals surface area contributed by atoms with E-state index in [2.05, 4.69) is 26.1 Å². The monoisotopic (exact) mass is 300 g/mol. The highest BCUT2D eigenvalue weighted by molar-refractivity contribution is 5.58. The van der Waals surface area contributed by atoms with Crippen LogP contribution in [0.4, 0.5) is 0 Å². The van der Waals surface area contributed by atoms with Gasteiger partial charge in [0, 0.05) is 31.0 Å². The van der Waals surface area contributed by atoms with Crippen LogP contribution in [0.15, 0.2) is 16.9 Å². The summed E-state index contributed by atoms with van der Waals surface area (Å²) in [5, 5.41) is 7.37. The molecule has 0 spiro atoms. The highest BCUT2D eigenvalue weighted by atomic mass is 16.5. The molecule has 0 atom stereocenters. The van der Waals surface area contributed by atoms with Gasteiger partial charge in [-0.1, -0.05) is 0 Å². The zero-order valence-electron chi connectivity index (χ0n) is 12.4. The molecule has 0 unspecified atom stereocenters. The summed E-state index contributed by atoms with van der Waals surface area (Å²) in [6.07, 6.45) is 4.10. The summed E-state index contributed by atoms with van der Waals surface area (Å²) in [6, 6.07) is 4.12. The molecule has 1 aliphatic heterocycles. The van der Waals surface area contributed by atoms with Gasteiger partial charge in [0.2, 0.25) is 0 Å². The van der Waals surface area contributed by atoms with Gasteiger partial charge in [-0.3, -0.25) is 19.9 Å². The third kappa shape index (κ3) is 2.80. The Hall–Kier alpha value is -2.05. The van der Waals surface area contributed by atoms with E-state index in [9.17, 15) is 4.79 Å². The van der Waals surface area contributed by atoms with Crippen LogP contribution in [0, 0.1) is 0 Å². The zero-order chi connectivity index (χ0) is 14.9. The van der Waals surface area contributed by atoms with E-state index in [1.807, 2.05) is 12.1 Å². The lowest BCUT2D eigenvalue weighted by molar-refractivity contribution is 0.0337. The molecule has 2 fully saturated rings. The molecule has 4 rings (SSSR count). The lowest BCUT2D eigenvalue weighted by Crippen LogP contribution is -2.35. The molecule has 0 amide bonds. The standard InChI is InChI=1S/C16H20N4O2/c21-16-14(15(18-19-16)11-1-2-11)9-12-3-4-13(17-12)10-20-5-7-22-8-6-20/h3-4,9,17-18H,1-2,5-8,10H2,(H,19,21). The molecule has 3 N–H and O–H groups in total. The third-order valence-corrected chi connectivity index (χ3v) is 4.24. The number of rotatable bonds is 3. The summed E-state index contributed by atoms with van der Waals surface area (Å²) in [4.78, 5) is 17.7. The van der Waals surface area contributed by atoms with E-state index in [-0.39, 0.29) is 5.56 Å². The van der Waals surface area contributed by atoms with Crippen molar-refractivity contribution < 1.29 is 4.74 Å². The van der Waals surface area contributed by atoms with Crippen LogP contribution in [-0.4, -0.2) is 46.4 Å². The van der Waals surface area contributed by atoms with Crippen molar-refractivity contribution in [3.05, 3.63) is 44.4 Å². The van der Waals surface area contributed by atoms with Gasteiger partial charge >= 0.3 is 0 Å². The predicted octanol–water partition coefficient (Wildman–Crippen LogP) is -0.363. The van der Waals surface area contributed by atoms with E-state index in [1.54, 1.807) is 0 Å². The van der Waals surface area contributed by atoms with Gasteiger partial charge in [0.25, 0.3) is 5.56 Å². The number of aromatic nitrogens is 3. The molecule has 2 aromatic rings. The molecule has 2 aromatic heterocycles. The molecule has 1 saturated heterocycles. The number of hydrogen-bond acceptors (Lipinski definition) is 3. The lowest BCUT2D eigenvalue weighted by atomic mass is 10.3. The molecule has 2 aliphatic rings. The van der Waals surface area contributed by atoms with Crippen LogP contribution in [0.25, 0.3) is 11.6 Å². The molecule has 3 heterocycles. The van der Waals surface area contributed by atoms with Crippen LogP contribution in [-0.2, 0) is 11.3 Å². The molecule has 0 radical (unpaired) electrons. The molecule has 1 saturated carbocycles. The van der Waals surface area contributed by atoms with Gasteiger partial charge in [-0.05, 0) is 36.6 Å². The van der Waals surface area contributed by atoms with E-state index >= 15 is 0 Å². The zero-order valence-corrected chi connectivity index (χ0v) is 12.4. The number of H-pyrrole nitrogens is 3. The minimum atomic E-state index is -0.0567. The molecule has 0 aromatic carbocycles. The SMILES string of the molecule is O=c1[nH][nH]c(=C2CC2)c1=Cc1ccc(CN2CCOCC2)[nH]1. The fourth-order valence-electron chi connectivity index (χ4n) is 2.89. The van der Waals surface area contributed by atoms with Gasteiger partial charge in [-0.25, -0.2) is 0 Å². The van der Waals surface area contributed by atoms with Crippen molar-refractivity contribution in [1.82, 2.24) is 20.1 Å². The van der Waals surface area contributed by atoms with E-state index in [0.717, 1.165) is 62.0 Å². The van der Waals surface area contributed by atoms with Gasteiger partial charge in [0.05, 0.1) is 23.8 Å². The van der Waals surface area contributed by atoms with Gasteiger partial charge in [-0.15, -0.1) is 0 Å². The maximum atomic E-state index is 11.9. The van der Waals surface area contributed by atoms with Gasteiger partial charge in [-0.2, -0.15) is 0 Å². The van der Waals surface area contributed by atoms with Gasteiger partial charge < -0.3 is 9.72 Å². The molecule has 6 nitrogen and oxygen atoms in total. The Morgan fingerprint density at radius 2 is 2.00 bits per heavy atom. The van der Waals surface area contributed by atoms with E-state index in [0.29, 0.717) is 0 Å². The van der Waals surface area contributed by atoms with Gasteiger partial charge in [0.15, 0.2) is 0 Å². The summed E-state index contributed by atoms with van der Waals surface area (Å²) >= 11 is 0. The average Bonchev–Trinajstić information content (AvgIpc) is 3.18. The lowest BCUT2D eigenvalue weighted by Gasteiger charge is -2.25. The maximum absolute atomic E-state index is 11.9. The second-order valence-electron chi connectivity index (χ2n) is 5.94. The van der Waals surface area contributed by atoms with Crippen molar-refractivity contribution >= 4 is 11.6 Å². The first kappa shape index (κ1) is 13.6. The Morgan fingerprint density at radius 3 is 2.77 bits per heavy atom. The van der Waals surface area contributed by atoms with Crippen LogP contribution in [0.2, 0.25) is 0 Å². The van der Waals surface area contributed by atoms with E-state index in [4.69, 9.17) is 4.74 Å². The number of morpholine rings is 1. The minimum Gasteiger partial charge on any atom is -0.379 e. The Balaban J connectivity index is 1.60. The molecule has 1 aliphatic carbocycles. The fourth-order valence-corrected chi connectivity index (χ4v) is 2.89. The molecule has 22 heavy (non-hydrogen) atoms. The fraction of sp³-hybridized carbons (Fsp3) is 0.438. The Morgan fingerprint density at radius 1 is 1.18 bits per heavy atom. The van der Waals surface area contributed by atoms with Crippen molar-refractivity contribution in [2.45, 2.75) is 19.4 Å². The van der Waals surface area contributed by atoms with Crippen LogP contribution < -0.4 is 16.1 Å². The maximum Gasteiger partial charge on any atom is 0.271 e. The topological polar surface area (TPSA) is 76.9 Å². The Bertz CT molecular complexity index is 830. The van der Waals surface area contributed by atoms with Crippen LogP contribution in [0.1, 0.15) is 24.2 Å². The summed E-state index contributed by atoms with van der Waals surface area (Å²) in [6.45, 7) is 4.45. The Labute approximate surface area is 127 Å². The van der Waals surface area contributed by atoms with E-state index < -0.39 is 0 Å². The van der Waals surface area contributed by atoms with Crippen LogP contribution in [0.5, 0.6) is 0 Å². The first-order chi connectivity index (χ1) is 10.8. The second-order valence-corrected chi connectivity index (χ2v) is 5.94. The number of nitrogens with zero attached hydrogens (tertiary/aromatic N) is 1. The number of nitrogens with one attached hydrogen (secondary N) is 3. The largest absolute Gasteiger partial charge is 0.379 e. The molecule has 0 bridgehead atoms. The number of aromatic amines is 3. The summed E-state index contributed by atoms with van der Waals surface area (Å²) in [5.74, 6) is 0. The third-order valence-electron chi connectivity index (χ3n) is 4.24. The highest BCUT2D eigenvalue weighted by Gasteiger charge is 2.15. The number of hydrogen-bond donors (Lipinski definition) is 3. The molecular formula is C16H20N4O2. The summed E-state index contributed by atoms with van der Waals surface area (Å²) in [7, 11) is 0. The average molecular weight is 300 g/mol. The van der Waals surface area contributed by atoms with E-state index in [1.165, 1.54) is 11.3 Å². The summed E-state index contributed by atoms with van der Waals surface area (Å²) < 4.78 is 5.37. The first-order valence-electron chi connectivity index (χ1n) is 7.78. The minimum absolute atomic E-state index is 0.0567. The quantitative estimate of drug-likeness (QED) is 0.724. The van der Waals surface area contributed by atoms with Crippen molar-refractivity contribution in [2.75, 3.05) is 26.3 Å². The first-order valence-corrected chi connectivity index (χ1v) is 7.78. The Kier molecular flexibility index (Phi) is 3.48. The van der Waals surface area contributed by atoms with Crippen LogP contribution in [0.3, 0.4) is 0 Å². The van der Waals surface area contributed by atoms with Crippen molar-refractivity contribution in [3.8, 4) is 0 Å². The van der Waals surface area contributed by atoms with Gasteiger partial charge in [0.1, 0.15) is 0 Å². The van der Waals surface area contributed by atoms with Crippen molar-refractivity contribution in [3.63, 3.8) is 0 Å². The predicted molar refractivity (Wildman–Crippen MR) is 83.8 cm³/mol. The molecule has 116 valence electrons. The number of ether oxygens (including phenoxy) is 1. The van der Waals surface area contributed by atoms with Crippen LogP contribution >= 0.6 is 0 Å². The highest BCUT2D eigenvalue weighted by Crippen LogP contribution is 2.26.